The Balaban J connectivity index is 3.18. The van der Waals surface area contributed by atoms with Gasteiger partial charge in [0.1, 0.15) is 22.6 Å². The van der Waals surface area contributed by atoms with Crippen molar-refractivity contribution < 1.29 is 29.3 Å². The molecule has 0 bridgehead atoms. The van der Waals surface area contributed by atoms with E-state index in [0.717, 1.165) is 12.8 Å². The Kier molecular flexibility index (Phi) is 7.55. The minimum atomic E-state index is -1.18. The van der Waals surface area contributed by atoms with Crippen molar-refractivity contribution in [2.24, 2.45) is 11.8 Å². The van der Waals surface area contributed by atoms with Crippen molar-refractivity contribution in [1.82, 2.24) is 0 Å². The normalized spacial score (nSPS) is 13.2. The number of ether oxygens (including phenoxy) is 2. The van der Waals surface area contributed by atoms with Gasteiger partial charge in [0.2, 0.25) is 0 Å². The second-order valence-corrected chi connectivity index (χ2v) is 6.10. The summed E-state index contributed by atoms with van der Waals surface area (Å²) in [6.07, 6.45) is 1.76. The van der Waals surface area contributed by atoms with E-state index in [-0.39, 0.29) is 34.5 Å². The van der Waals surface area contributed by atoms with E-state index in [4.69, 9.17) is 9.47 Å². The van der Waals surface area contributed by atoms with Crippen LogP contribution in [0.2, 0.25) is 0 Å². The smallest absolute Gasteiger partial charge is 0.339 e. The van der Waals surface area contributed by atoms with Gasteiger partial charge < -0.3 is 19.7 Å². The molecule has 134 valence electrons. The average molecular weight is 338 g/mol. The van der Waals surface area contributed by atoms with Crippen LogP contribution in [0, 0.1) is 11.8 Å². The second kappa shape index (κ2) is 9.15. The number of hydrogen-bond donors (Lipinski definition) is 2. The summed E-state index contributed by atoms with van der Waals surface area (Å²) < 4.78 is 11.1. The zero-order valence-corrected chi connectivity index (χ0v) is 14.7. The third-order valence-electron chi connectivity index (χ3n) is 3.98. The number of benzene rings is 1. The van der Waals surface area contributed by atoms with Crippen molar-refractivity contribution in [1.29, 1.82) is 0 Å². The molecule has 1 aromatic rings. The Morgan fingerprint density at radius 3 is 1.46 bits per heavy atom. The molecule has 6 heteroatoms. The van der Waals surface area contributed by atoms with E-state index in [9.17, 15) is 19.8 Å². The van der Waals surface area contributed by atoms with Crippen molar-refractivity contribution in [3.05, 3.63) is 23.3 Å². The van der Waals surface area contributed by atoms with Crippen LogP contribution < -0.4 is 9.47 Å². The highest BCUT2D eigenvalue weighted by atomic mass is 16.5. The summed E-state index contributed by atoms with van der Waals surface area (Å²) in [5, 5.41) is 18.8. The number of hydrogen-bond acceptors (Lipinski definition) is 4. The number of carbonyl (C=O) groups is 2. The molecule has 1 aromatic carbocycles. The molecule has 0 aliphatic carbocycles. The van der Waals surface area contributed by atoms with Crippen LogP contribution in [0.1, 0.15) is 61.3 Å². The lowest BCUT2D eigenvalue weighted by atomic mass is 10.1. The molecule has 0 aromatic heterocycles. The Labute approximate surface area is 142 Å². The number of carboxylic acid groups (broad SMARTS) is 2. The monoisotopic (exact) mass is 338 g/mol. The molecule has 2 N–H and O–H groups in total. The summed E-state index contributed by atoms with van der Waals surface area (Å²) in [5.41, 5.74) is -0.190. The molecule has 0 saturated carbocycles. The van der Waals surface area contributed by atoms with E-state index >= 15 is 0 Å². The molecule has 0 fully saturated rings. The number of rotatable bonds is 10. The van der Waals surface area contributed by atoms with Crippen LogP contribution in [0.4, 0.5) is 0 Å². The van der Waals surface area contributed by atoms with E-state index in [2.05, 4.69) is 0 Å². The fourth-order valence-corrected chi connectivity index (χ4v) is 1.83. The molecule has 0 saturated heterocycles. The van der Waals surface area contributed by atoms with E-state index < -0.39 is 11.9 Å². The van der Waals surface area contributed by atoms with Gasteiger partial charge in [0.25, 0.3) is 0 Å². The molecule has 0 heterocycles. The Hall–Kier alpha value is -2.24. The van der Waals surface area contributed by atoms with Crippen molar-refractivity contribution >= 4 is 11.9 Å². The number of aromatic carboxylic acids is 2. The van der Waals surface area contributed by atoms with Gasteiger partial charge in [-0.2, -0.15) is 0 Å². The summed E-state index contributed by atoms with van der Waals surface area (Å²) >= 11 is 0. The SMILES string of the molecule is CC[C@H](C)COc1cc(C(=O)O)c(OC[C@@H](C)CC)cc1C(=O)O. The fourth-order valence-electron chi connectivity index (χ4n) is 1.83. The molecule has 1 rings (SSSR count). The standard InChI is InChI=1S/C18H26O6/c1-5-11(3)9-23-15-7-14(18(21)22)16(8-13(15)17(19)20)24-10-12(4)6-2/h7-8,11-12H,5-6,9-10H2,1-4H3,(H,19,20)(H,21,22)/t11-,12-/m0/s1. The third kappa shape index (κ3) is 5.44. The first-order chi connectivity index (χ1) is 11.3. The van der Waals surface area contributed by atoms with Gasteiger partial charge in [0.05, 0.1) is 13.2 Å². The minimum Gasteiger partial charge on any atom is -0.492 e. The fraction of sp³-hybridized carbons (Fsp3) is 0.556. The van der Waals surface area contributed by atoms with Crippen LogP contribution in [-0.2, 0) is 0 Å². The third-order valence-corrected chi connectivity index (χ3v) is 3.98. The van der Waals surface area contributed by atoms with Crippen LogP contribution >= 0.6 is 0 Å². The van der Waals surface area contributed by atoms with Gasteiger partial charge in [-0.15, -0.1) is 0 Å². The predicted octanol–water partition coefficient (Wildman–Crippen LogP) is 3.93. The molecular formula is C18H26O6. The van der Waals surface area contributed by atoms with E-state index in [1.807, 2.05) is 27.7 Å². The maximum atomic E-state index is 11.5. The van der Waals surface area contributed by atoms with Gasteiger partial charge in [-0.25, -0.2) is 9.59 Å². The molecule has 0 aliphatic heterocycles. The molecule has 24 heavy (non-hydrogen) atoms. The average Bonchev–Trinajstić information content (AvgIpc) is 2.56. The summed E-state index contributed by atoms with van der Waals surface area (Å²) in [6, 6.07) is 2.47. The van der Waals surface area contributed by atoms with Crippen LogP contribution in [0.5, 0.6) is 11.5 Å². The molecule has 0 spiro atoms. The van der Waals surface area contributed by atoms with Gasteiger partial charge in [0.15, 0.2) is 0 Å². The van der Waals surface area contributed by atoms with Crippen molar-refractivity contribution in [3.63, 3.8) is 0 Å². The maximum Gasteiger partial charge on any atom is 0.339 e. The zero-order valence-electron chi connectivity index (χ0n) is 14.7. The lowest BCUT2D eigenvalue weighted by Gasteiger charge is -2.17. The summed E-state index contributed by atoms with van der Waals surface area (Å²) in [4.78, 5) is 23.0. The topological polar surface area (TPSA) is 93.1 Å². The van der Waals surface area contributed by atoms with Crippen molar-refractivity contribution in [2.45, 2.75) is 40.5 Å². The summed E-state index contributed by atoms with van der Waals surface area (Å²) in [6.45, 7) is 8.59. The van der Waals surface area contributed by atoms with Crippen LogP contribution in [0.3, 0.4) is 0 Å². The van der Waals surface area contributed by atoms with Crippen molar-refractivity contribution in [2.75, 3.05) is 13.2 Å². The first-order valence-electron chi connectivity index (χ1n) is 8.20. The summed E-state index contributed by atoms with van der Waals surface area (Å²) in [7, 11) is 0. The lowest BCUT2D eigenvalue weighted by Crippen LogP contribution is -2.14. The highest BCUT2D eigenvalue weighted by Gasteiger charge is 2.21. The zero-order chi connectivity index (χ0) is 18.3. The molecule has 6 nitrogen and oxygen atoms in total. The second-order valence-electron chi connectivity index (χ2n) is 6.10. The summed E-state index contributed by atoms with van der Waals surface area (Å²) in [5.74, 6) is -1.78. The van der Waals surface area contributed by atoms with E-state index in [1.165, 1.54) is 12.1 Å². The maximum absolute atomic E-state index is 11.5. The first-order valence-corrected chi connectivity index (χ1v) is 8.20. The van der Waals surface area contributed by atoms with E-state index in [1.54, 1.807) is 0 Å². The quantitative estimate of drug-likeness (QED) is 0.671. The Bertz CT molecular complexity index is 529. The van der Waals surface area contributed by atoms with Gasteiger partial charge in [-0.1, -0.05) is 40.5 Å². The molecule has 0 radical (unpaired) electrons. The van der Waals surface area contributed by atoms with Crippen LogP contribution in [0.15, 0.2) is 12.1 Å². The largest absolute Gasteiger partial charge is 0.492 e. The highest BCUT2D eigenvalue weighted by molar-refractivity contribution is 5.97. The van der Waals surface area contributed by atoms with Gasteiger partial charge >= 0.3 is 11.9 Å². The van der Waals surface area contributed by atoms with Gasteiger partial charge in [-0.05, 0) is 24.0 Å². The van der Waals surface area contributed by atoms with Gasteiger partial charge in [-0.3, -0.25) is 0 Å². The molecule has 0 aliphatic rings. The van der Waals surface area contributed by atoms with Crippen LogP contribution in [0.25, 0.3) is 0 Å². The molecule has 2 atom stereocenters. The molecule has 0 amide bonds. The predicted molar refractivity (Wildman–Crippen MR) is 90.3 cm³/mol. The Morgan fingerprint density at radius 1 is 0.875 bits per heavy atom. The van der Waals surface area contributed by atoms with Crippen molar-refractivity contribution in [3.8, 4) is 11.5 Å². The van der Waals surface area contributed by atoms with Crippen LogP contribution in [-0.4, -0.2) is 35.4 Å². The van der Waals surface area contributed by atoms with Gasteiger partial charge in [0, 0.05) is 0 Å². The minimum absolute atomic E-state index is 0.0519. The first kappa shape index (κ1) is 19.8. The molecule has 0 unspecified atom stereocenters. The van der Waals surface area contributed by atoms with E-state index in [0.29, 0.717) is 13.2 Å². The number of carboxylic acids is 2. The lowest BCUT2D eigenvalue weighted by molar-refractivity contribution is 0.0671. The molecular weight excluding hydrogens is 312 g/mol. The Morgan fingerprint density at radius 2 is 1.21 bits per heavy atom. The highest BCUT2D eigenvalue weighted by Crippen LogP contribution is 2.30.